The molecule has 1 amide bonds. The highest BCUT2D eigenvalue weighted by Gasteiger charge is 2.15. The molecule has 0 aromatic heterocycles. The van der Waals surface area contributed by atoms with Crippen molar-refractivity contribution in [3.05, 3.63) is 105 Å². The molecule has 1 N–H and O–H groups in total. The zero-order valence-corrected chi connectivity index (χ0v) is 22.8. The molecule has 7 nitrogen and oxygen atoms in total. The zero-order chi connectivity index (χ0) is 27.1. The number of halogens is 1. The lowest BCUT2D eigenvalue weighted by atomic mass is 10.1. The summed E-state index contributed by atoms with van der Waals surface area (Å²) >= 11 is 2.14. The number of esters is 1. The molecule has 0 aliphatic carbocycles. The Labute approximate surface area is 233 Å². The number of carbonyl (C=O) groups excluding carboxylic acids is 2. The minimum atomic E-state index is -0.580. The number of amides is 1. The van der Waals surface area contributed by atoms with E-state index in [1.54, 1.807) is 18.2 Å². The van der Waals surface area contributed by atoms with E-state index in [0.29, 0.717) is 34.9 Å². The number of methoxy groups -OCH3 is 2. The van der Waals surface area contributed by atoms with E-state index in [0.717, 1.165) is 19.9 Å². The average Bonchev–Trinajstić information content (AvgIpc) is 2.94. The van der Waals surface area contributed by atoms with Crippen LogP contribution >= 0.6 is 22.6 Å². The molecular formula is C30H23IN2O5. The van der Waals surface area contributed by atoms with Crippen LogP contribution in [-0.2, 0) is 16.1 Å². The molecule has 0 aliphatic heterocycles. The van der Waals surface area contributed by atoms with E-state index >= 15 is 0 Å². The van der Waals surface area contributed by atoms with E-state index in [9.17, 15) is 14.9 Å². The first-order chi connectivity index (χ1) is 18.4. The van der Waals surface area contributed by atoms with Crippen LogP contribution in [0, 0.1) is 14.9 Å². The van der Waals surface area contributed by atoms with Gasteiger partial charge in [0.25, 0.3) is 5.91 Å². The molecule has 190 valence electrons. The van der Waals surface area contributed by atoms with Gasteiger partial charge in [0.2, 0.25) is 0 Å². The van der Waals surface area contributed by atoms with Gasteiger partial charge in [0.1, 0.15) is 18.2 Å². The molecule has 38 heavy (non-hydrogen) atoms. The summed E-state index contributed by atoms with van der Waals surface area (Å²) < 4.78 is 17.1. The number of hydrogen-bond donors (Lipinski definition) is 1. The molecule has 0 saturated carbocycles. The van der Waals surface area contributed by atoms with Crippen LogP contribution in [0.4, 0.5) is 5.69 Å². The lowest BCUT2D eigenvalue weighted by molar-refractivity contribution is -0.112. The highest BCUT2D eigenvalue weighted by molar-refractivity contribution is 14.1. The molecule has 4 rings (SSSR count). The van der Waals surface area contributed by atoms with Crippen molar-refractivity contribution in [2.75, 3.05) is 19.5 Å². The van der Waals surface area contributed by atoms with Gasteiger partial charge in [-0.1, -0.05) is 36.4 Å². The van der Waals surface area contributed by atoms with E-state index in [-0.39, 0.29) is 5.57 Å². The molecule has 0 atom stereocenters. The maximum Gasteiger partial charge on any atom is 0.337 e. The topological polar surface area (TPSA) is 97.7 Å². The van der Waals surface area contributed by atoms with Crippen molar-refractivity contribution < 1.29 is 23.8 Å². The Morgan fingerprint density at radius 2 is 1.71 bits per heavy atom. The van der Waals surface area contributed by atoms with Crippen LogP contribution in [0.15, 0.2) is 84.4 Å². The summed E-state index contributed by atoms with van der Waals surface area (Å²) in [7, 11) is 2.83. The van der Waals surface area contributed by atoms with Crippen molar-refractivity contribution in [1.82, 2.24) is 0 Å². The van der Waals surface area contributed by atoms with Gasteiger partial charge in [-0.05, 0) is 93.0 Å². The monoisotopic (exact) mass is 618 g/mol. The average molecular weight is 618 g/mol. The second-order valence-electron chi connectivity index (χ2n) is 8.20. The molecule has 0 unspecified atom stereocenters. The summed E-state index contributed by atoms with van der Waals surface area (Å²) in [6, 6.07) is 26.0. The zero-order valence-electron chi connectivity index (χ0n) is 20.7. The largest absolute Gasteiger partial charge is 0.493 e. The summed E-state index contributed by atoms with van der Waals surface area (Å²) in [4.78, 5) is 24.3. The summed E-state index contributed by atoms with van der Waals surface area (Å²) in [6.07, 6.45) is 1.48. The number of nitrogens with one attached hydrogen (secondary N) is 1. The predicted molar refractivity (Wildman–Crippen MR) is 154 cm³/mol. The molecule has 0 aliphatic rings. The minimum Gasteiger partial charge on any atom is -0.493 e. The van der Waals surface area contributed by atoms with Crippen LogP contribution in [0.3, 0.4) is 0 Å². The van der Waals surface area contributed by atoms with Crippen molar-refractivity contribution >= 4 is 57.0 Å². The number of nitriles is 1. The fourth-order valence-electron chi connectivity index (χ4n) is 3.77. The normalized spacial score (nSPS) is 10.9. The lowest BCUT2D eigenvalue weighted by Gasteiger charge is -2.14. The standard InChI is InChI=1S/C30H23IN2O5/c1-36-27-16-20(14-24(17-32)29(34)33-25-11-9-22(10-12-25)30(35)37-2)15-26(31)28(27)38-18-19-7-8-21-5-3-4-6-23(21)13-19/h3-16H,18H2,1-2H3,(H,33,34)/b24-14+. The molecule has 0 radical (unpaired) electrons. The number of nitrogens with zero attached hydrogens (tertiary/aromatic N) is 1. The number of benzene rings is 4. The fraction of sp³-hybridized carbons (Fsp3) is 0.100. The third-order valence-corrected chi connectivity index (χ3v) is 6.49. The number of hydrogen-bond acceptors (Lipinski definition) is 6. The Kier molecular flexibility index (Phi) is 8.61. The van der Waals surface area contributed by atoms with Crippen molar-refractivity contribution in [1.29, 1.82) is 5.26 Å². The lowest BCUT2D eigenvalue weighted by Crippen LogP contribution is -2.13. The number of carbonyl (C=O) groups is 2. The van der Waals surface area contributed by atoms with Crippen molar-refractivity contribution in [2.45, 2.75) is 6.61 Å². The first-order valence-corrected chi connectivity index (χ1v) is 12.6. The van der Waals surface area contributed by atoms with E-state index in [4.69, 9.17) is 9.47 Å². The molecule has 4 aromatic carbocycles. The molecule has 0 saturated heterocycles. The van der Waals surface area contributed by atoms with Gasteiger partial charge < -0.3 is 19.5 Å². The first-order valence-electron chi connectivity index (χ1n) is 11.5. The second-order valence-corrected chi connectivity index (χ2v) is 9.36. The van der Waals surface area contributed by atoms with Crippen LogP contribution in [-0.4, -0.2) is 26.1 Å². The first kappa shape index (κ1) is 26.7. The maximum absolute atomic E-state index is 12.7. The van der Waals surface area contributed by atoms with Gasteiger partial charge in [-0.25, -0.2) is 4.79 Å². The molecule has 0 spiro atoms. The molecular weight excluding hydrogens is 595 g/mol. The van der Waals surface area contributed by atoms with E-state index in [1.165, 1.54) is 32.4 Å². The van der Waals surface area contributed by atoms with Crippen molar-refractivity contribution in [3.63, 3.8) is 0 Å². The highest BCUT2D eigenvalue weighted by atomic mass is 127. The van der Waals surface area contributed by atoms with Crippen LogP contribution in [0.25, 0.3) is 16.8 Å². The number of rotatable bonds is 8. The van der Waals surface area contributed by atoms with Crippen LogP contribution < -0.4 is 14.8 Å². The molecule has 0 bridgehead atoms. The third-order valence-electron chi connectivity index (χ3n) is 5.69. The van der Waals surface area contributed by atoms with Crippen molar-refractivity contribution in [2.24, 2.45) is 0 Å². The Hall–Kier alpha value is -4.36. The van der Waals surface area contributed by atoms with Gasteiger partial charge in [-0.2, -0.15) is 5.26 Å². The van der Waals surface area contributed by atoms with Gasteiger partial charge in [0.15, 0.2) is 11.5 Å². The van der Waals surface area contributed by atoms with Crippen LogP contribution in [0.1, 0.15) is 21.5 Å². The minimum absolute atomic E-state index is 0.0928. The number of anilines is 1. The van der Waals surface area contributed by atoms with Gasteiger partial charge >= 0.3 is 5.97 Å². The Morgan fingerprint density at radius 3 is 2.39 bits per heavy atom. The van der Waals surface area contributed by atoms with E-state index in [2.05, 4.69) is 56.9 Å². The third kappa shape index (κ3) is 6.30. The summed E-state index contributed by atoms with van der Waals surface area (Å²) in [5, 5.41) is 14.6. The smallest absolute Gasteiger partial charge is 0.337 e. The predicted octanol–water partition coefficient (Wildman–Crippen LogP) is 6.36. The van der Waals surface area contributed by atoms with Gasteiger partial charge in [0, 0.05) is 5.69 Å². The number of fused-ring (bicyclic) bond motifs is 1. The Balaban J connectivity index is 1.50. The van der Waals surface area contributed by atoms with E-state index < -0.39 is 11.9 Å². The Bertz CT molecular complexity index is 1570. The SMILES string of the molecule is COC(=O)c1ccc(NC(=O)/C(C#N)=C/c2cc(I)c(OCc3ccc4ccccc4c3)c(OC)c2)cc1. The van der Waals surface area contributed by atoms with Crippen LogP contribution in [0.2, 0.25) is 0 Å². The van der Waals surface area contributed by atoms with Gasteiger partial charge in [-0.15, -0.1) is 0 Å². The summed E-state index contributed by atoms with van der Waals surface area (Å²) in [5.74, 6) is 0.00440. The van der Waals surface area contributed by atoms with E-state index in [1.807, 2.05) is 30.3 Å². The highest BCUT2D eigenvalue weighted by Crippen LogP contribution is 2.35. The van der Waals surface area contributed by atoms with Crippen LogP contribution in [0.5, 0.6) is 11.5 Å². The maximum atomic E-state index is 12.7. The van der Waals surface area contributed by atoms with Crippen molar-refractivity contribution in [3.8, 4) is 17.6 Å². The summed E-state index contributed by atoms with van der Waals surface area (Å²) in [5.41, 5.74) is 2.33. The molecule has 4 aromatic rings. The quantitative estimate of drug-likeness (QED) is 0.107. The summed E-state index contributed by atoms with van der Waals surface area (Å²) in [6.45, 7) is 0.354. The molecule has 8 heteroatoms. The van der Waals surface area contributed by atoms with Gasteiger partial charge in [0.05, 0.1) is 23.4 Å². The fourth-order valence-corrected chi connectivity index (χ4v) is 4.55. The molecule has 0 heterocycles. The molecule has 0 fully saturated rings. The Morgan fingerprint density at radius 1 is 0.974 bits per heavy atom. The second kappa shape index (κ2) is 12.3. The van der Waals surface area contributed by atoms with Gasteiger partial charge in [-0.3, -0.25) is 4.79 Å². The number of ether oxygens (including phenoxy) is 3.